The van der Waals surface area contributed by atoms with Gasteiger partial charge in [0.15, 0.2) is 0 Å². The minimum atomic E-state index is -3.71. The lowest BCUT2D eigenvalue weighted by Gasteiger charge is -2.29. The summed E-state index contributed by atoms with van der Waals surface area (Å²) in [6.07, 6.45) is 11.7. The molecule has 0 unspecified atom stereocenters. The van der Waals surface area contributed by atoms with Crippen molar-refractivity contribution in [2.24, 2.45) is 35.1 Å². The van der Waals surface area contributed by atoms with Crippen LogP contribution in [0.1, 0.15) is 214 Å². The van der Waals surface area contributed by atoms with Crippen LogP contribution in [0.15, 0.2) is 180 Å². The molecule has 5 N–H and O–H groups in total. The molecule has 5 aromatic carbocycles. The summed E-state index contributed by atoms with van der Waals surface area (Å²) in [6.45, 7) is 43.2. The molecule has 0 saturated heterocycles. The molecule has 3 aromatic heterocycles. The number of esters is 3. The molecule has 8 aromatic rings. The second-order valence-electron chi connectivity index (χ2n) is 33.6. The molecule has 8 rings (SSSR count). The van der Waals surface area contributed by atoms with E-state index in [1.165, 1.54) is 39.6 Å². The highest BCUT2D eigenvalue weighted by atomic mass is 79.9. The predicted octanol–water partition coefficient (Wildman–Crippen LogP) is 20.1. The average molecular weight is 1800 g/mol. The van der Waals surface area contributed by atoms with Gasteiger partial charge in [-0.25, -0.2) is 30.0 Å². The van der Waals surface area contributed by atoms with Gasteiger partial charge in [-0.15, -0.1) is 0 Å². The molecule has 0 fully saturated rings. The Balaban J connectivity index is 0.000000747. The maximum Gasteiger partial charge on any atom is 0.410 e. The van der Waals surface area contributed by atoms with Gasteiger partial charge in [-0.2, -0.15) is 8.61 Å². The molecule has 0 aliphatic rings. The number of halogens is 2. The summed E-state index contributed by atoms with van der Waals surface area (Å²) in [6, 6.07) is 39.4. The largest absolute Gasteiger partial charge is 0.464 e. The van der Waals surface area contributed by atoms with Gasteiger partial charge in [0.25, 0.3) is 9.05 Å². The molecular weight excluding hydrogens is 1660 g/mol. The highest BCUT2D eigenvalue weighted by molar-refractivity contribution is 9.08. The maximum atomic E-state index is 13.5. The topological polar surface area (TPSA) is 338 Å². The highest BCUT2D eigenvalue weighted by Gasteiger charge is 2.30. The lowest BCUT2D eigenvalue weighted by atomic mass is 10.2. The molecule has 119 heavy (non-hydrogen) atoms. The molecule has 0 saturated carbocycles. The zero-order chi connectivity index (χ0) is 90.4. The molecule has 24 nitrogen and oxygen atoms in total. The van der Waals surface area contributed by atoms with Gasteiger partial charge in [-0.3, -0.25) is 14.4 Å². The number of amides is 1. The van der Waals surface area contributed by atoms with Gasteiger partial charge >= 0.3 is 24.0 Å². The zero-order valence-corrected chi connectivity index (χ0v) is 79.1. The number of nitrogens with two attached hydrogens (primary N) is 2. The lowest BCUT2D eigenvalue weighted by Crippen LogP contribution is -2.40. The molecule has 0 bridgehead atoms. The van der Waals surface area contributed by atoms with Crippen LogP contribution in [0.3, 0.4) is 0 Å². The molecule has 0 spiro atoms. The van der Waals surface area contributed by atoms with Crippen molar-refractivity contribution in [2.75, 3.05) is 59.4 Å². The first-order valence-electron chi connectivity index (χ1n) is 40.6. The summed E-state index contributed by atoms with van der Waals surface area (Å²) in [5, 5.41) is 6.54. The van der Waals surface area contributed by atoms with E-state index in [0.29, 0.717) is 94.0 Å². The normalized spacial score (nSPS) is 11.8. The van der Waals surface area contributed by atoms with Crippen LogP contribution in [0.25, 0.3) is 32.9 Å². The standard InChI is InChI=1S/C27H36N2O5S.C21H31NO5S.C13H27NO2.C9H19NO2.C8H5ClO3S.C7H7Br.C4H8O.CH5N/c1-21(2)19-29(35(31,32)24-12-13-25-23(18-24)14-17-33-25)16-9-15-28(26(30)34-27(3,4)5)20-22-10-7-6-8-11-22;1-16(2)15-22(12-7-6-8-20(23)27-21(3,4)5)28(24,25)18-9-10-19-17(14-18)11-13-26-19;1-11(2)10-14-9-7-6-8-12(15)16-13(3,4)5;1-9(2,3)12-8(11)6-4-5-7-10;9-13(10,11)7-1-2-8-6(5-7)3-4-12-8;8-6-7-4-2-1-3-5-7;1-4(2)3-5;1-2/h6-8,10-14,17-18,21H,9,15-16,19-20H2,1-5H3;9-11,13-14,16H,6-8,12,15H2,1-5H3;11,14H,6-10H2,1-5H3;4-7,10H2,1-3H3;1-5H;1-5H,6H2;3-4H,1-2H3;2H2,1H3. The van der Waals surface area contributed by atoms with Crippen molar-refractivity contribution in [3.05, 3.63) is 163 Å². The Bertz CT molecular complexity index is 4550. The summed E-state index contributed by atoms with van der Waals surface area (Å²) in [4.78, 5) is 58.9. The van der Waals surface area contributed by atoms with E-state index in [0.717, 1.165) is 72.1 Å². The Morgan fingerprint density at radius 1 is 0.471 bits per heavy atom. The monoisotopic (exact) mass is 1800 g/mol. The Labute approximate surface area is 723 Å². The van der Waals surface area contributed by atoms with Crippen molar-refractivity contribution in [3.8, 4) is 0 Å². The minimum absolute atomic E-state index is 0.0862. The van der Waals surface area contributed by atoms with Crippen LogP contribution < -0.4 is 16.8 Å². The molecule has 3 heterocycles. The van der Waals surface area contributed by atoms with Gasteiger partial charge in [0.1, 0.15) is 45.4 Å². The second kappa shape index (κ2) is 55.5. The van der Waals surface area contributed by atoms with E-state index in [-0.39, 0.29) is 74.5 Å². The smallest absolute Gasteiger partial charge is 0.410 e. The number of benzene rings is 5. The number of carbonyl (C=O) groups is 5. The van der Waals surface area contributed by atoms with Crippen LogP contribution in [-0.2, 0) is 79.1 Å². The van der Waals surface area contributed by atoms with Crippen LogP contribution in [0.5, 0.6) is 0 Å². The van der Waals surface area contributed by atoms with E-state index in [4.69, 9.17) is 48.6 Å². The number of ether oxygens (including phenoxy) is 4. The molecule has 0 aliphatic heterocycles. The molecule has 668 valence electrons. The first-order valence-corrected chi connectivity index (χ1v) is 46.9. The summed E-state index contributed by atoms with van der Waals surface area (Å²) < 4.78 is 115. The van der Waals surface area contributed by atoms with E-state index < -0.39 is 46.4 Å². The number of alkyl halides is 1. The van der Waals surface area contributed by atoms with Crippen molar-refractivity contribution >= 4 is 119 Å². The van der Waals surface area contributed by atoms with Gasteiger partial charge in [0, 0.05) is 96.6 Å². The van der Waals surface area contributed by atoms with Crippen molar-refractivity contribution in [3.63, 3.8) is 0 Å². The zero-order valence-electron chi connectivity index (χ0n) is 74.3. The number of furan rings is 3. The SMILES string of the molecule is BrCc1ccccc1.CC(C)(C)OC(=O)CCCCN.CC(C)C=O.CC(C)CN(CCCCC(=O)OC(C)(C)C)S(=O)(=O)c1ccc2occc2c1.CC(C)CN(CCCN(Cc1ccccc1)C(=O)OC(C)(C)C)S(=O)(=O)c1ccc2occc2c1.CC(C)CNCCCCC(=O)OC(C)(C)C.CN.O=S(=O)(Cl)c1ccc2occc2c1. The van der Waals surface area contributed by atoms with Crippen LogP contribution in [0.4, 0.5) is 4.79 Å². The van der Waals surface area contributed by atoms with E-state index in [1.807, 2.05) is 173 Å². The lowest BCUT2D eigenvalue weighted by molar-refractivity contribution is -0.156. The number of nitrogens with one attached hydrogen (secondary N) is 1. The Morgan fingerprint density at radius 3 is 1.16 bits per heavy atom. The molecule has 0 atom stereocenters. The fourth-order valence-corrected chi connectivity index (χ4v) is 15.0. The van der Waals surface area contributed by atoms with Crippen molar-refractivity contribution in [1.29, 1.82) is 0 Å². The van der Waals surface area contributed by atoms with Crippen LogP contribution in [0.2, 0.25) is 0 Å². The third-order valence-corrected chi connectivity index (χ3v) is 21.3. The Morgan fingerprint density at radius 2 is 0.824 bits per heavy atom. The van der Waals surface area contributed by atoms with Crippen molar-refractivity contribution < 1.29 is 81.4 Å². The van der Waals surface area contributed by atoms with E-state index >= 15 is 0 Å². The number of sulfonamides is 2. The third kappa shape index (κ3) is 49.3. The fraction of sp³-hybridized carbons (Fsp3) is 0.544. The summed E-state index contributed by atoms with van der Waals surface area (Å²) >= 11 is 3.36. The van der Waals surface area contributed by atoms with Gasteiger partial charge in [0.2, 0.25) is 20.0 Å². The van der Waals surface area contributed by atoms with Crippen LogP contribution in [0, 0.1) is 23.7 Å². The number of hydrogen-bond acceptors (Lipinski definition) is 21. The highest BCUT2D eigenvalue weighted by Crippen LogP contribution is 2.28. The number of carbonyl (C=O) groups excluding carboxylic acids is 5. The Hall–Kier alpha value is -7.51. The van der Waals surface area contributed by atoms with Gasteiger partial charge < -0.3 is 58.7 Å². The summed E-state index contributed by atoms with van der Waals surface area (Å²) in [7, 11) is -4.31. The summed E-state index contributed by atoms with van der Waals surface area (Å²) in [5.74, 6) is 0.760. The van der Waals surface area contributed by atoms with Crippen molar-refractivity contribution in [2.45, 2.75) is 252 Å². The number of rotatable bonds is 33. The first kappa shape index (κ1) is 109. The Kier molecular flexibility index (Phi) is 51.1. The molecular formula is C90H138BrClN6O18S3. The van der Waals surface area contributed by atoms with E-state index in [1.54, 1.807) is 78.1 Å². The summed E-state index contributed by atoms with van der Waals surface area (Å²) in [5.41, 5.74) is 12.2. The van der Waals surface area contributed by atoms with Gasteiger partial charge in [-0.05, 0) is 256 Å². The van der Waals surface area contributed by atoms with Crippen LogP contribution >= 0.6 is 26.6 Å². The quantitative estimate of drug-likeness (QED) is 0.00859. The molecule has 0 aliphatic carbocycles. The predicted molar refractivity (Wildman–Crippen MR) is 483 cm³/mol. The maximum absolute atomic E-state index is 13.5. The number of nitrogens with zero attached hydrogens (tertiary/aromatic N) is 3. The van der Waals surface area contributed by atoms with Gasteiger partial charge in [-0.1, -0.05) is 132 Å². The number of aldehydes is 1. The van der Waals surface area contributed by atoms with Gasteiger partial charge in [0.05, 0.1) is 33.5 Å². The molecule has 0 radical (unpaired) electrons. The second-order valence-corrected chi connectivity index (χ2v) is 40.6. The molecule has 1 amide bonds. The van der Waals surface area contributed by atoms with E-state index in [2.05, 4.69) is 53.0 Å². The fourth-order valence-electron chi connectivity index (χ4n) is 10.5. The van der Waals surface area contributed by atoms with Crippen molar-refractivity contribution in [1.82, 2.24) is 18.8 Å². The number of fused-ring (bicyclic) bond motifs is 3. The molecule has 29 heteroatoms. The number of hydrogen-bond donors (Lipinski definition) is 3. The third-order valence-electron chi connectivity index (χ3n) is 15.6. The first-order chi connectivity index (χ1) is 55.5. The minimum Gasteiger partial charge on any atom is -0.464 e. The van der Waals surface area contributed by atoms with E-state index in [9.17, 15) is 49.2 Å². The number of unbranched alkanes of at least 4 members (excludes halogenated alkanes) is 3. The average Bonchev–Trinajstić information content (AvgIpc) is 1.71. The van der Waals surface area contributed by atoms with Crippen LogP contribution in [-0.4, -0.2) is 151 Å².